The Morgan fingerprint density at radius 2 is 1.79 bits per heavy atom. The largest absolute Gasteiger partial charge is 0.392 e. The Hall–Kier alpha value is -1.39. The van der Waals surface area contributed by atoms with E-state index in [1.165, 1.54) is 6.07 Å². The summed E-state index contributed by atoms with van der Waals surface area (Å²) in [5.41, 5.74) is 3.74. The molecule has 0 amide bonds. The Kier molecular flexibility index (Phi) is 4.56. The minimum absolute atomic E-state index is 0.0464. The number of aryl methyl sites for hydroxylation is 1. The standard InChI is InChI=1S/C15H15BrFNO/c1-10-6-13(16)14(17)7-15(10)18-8-11-2-4-12(9-19)5-3-11/h2-7,18-19H,8-9H2,1H3. The van der Waals surface area contributed by atoms with Crippen molar-refractivity contribution in [1.82, 2.24) is 0 Å². The first-order valence-electron chi connectivity index (χ1n) is 5.98. The molecule has 100 valence electrons. The Balaban J connectivity index is 2.07. The first-order chi connectivity index (χ1) is 9.10. The van der Waals surface area contributed by atoms with E-state index in [0.717, 1.165) is 22.4 Å². The highest BCUT2D eigenvalue weighted by Crippen LogP contribution is 2.24. The highest BCUT2D eigenvalue weighted by atomic mass is 79.9. The number of nitrogens with one attached hydrogen (secondary N) is 1. The highest BCUT2D eigenvalue weighted by Gasteiger charge is 2.05. The van der Waals surface area contributed by atoms with Gasteiger partial charge < -0.3 is 10.4 Å². The van der Waals surface area contributed by atoms with Crippen LogP contribution in [0.25, 0.3) is 0 Å². The summed E-state index contributed by atoms with van der Waals surface area (Å²) in [5, 5.41) is 12.2. The highest BCUT2D eigenvalue weighted by molar-refractivity contribution is 9.10. The maximum absolute atomic E-state index is 13.5. The molecule has 0 aliphatic heterocycles. The topological polar surface area (TPSA) is 32.3 Å². The molecule has 0 atom stereocenters. The van der Waals surface area contributed by atoms with Crippen LogP contribution in [0.1, 0.15) is 16.7 Å². The van der Waals surface area contributed by atoms with Crippen LogP contribution in [-0.2, 0) is 13.2 Å². The maximum Gasteiger partial charge on any atom is 0.139 e. The summed E-state index contributed by atoms with van der Waals surface area (Å²) in [4.78, 5) is 0. The van der Waals surface area contributed by atoms with Crippen LogP contribution >= 0.6 is 15.9 Å². The summed E-state index contributed by atoms with van der Waals surface area (Å²) < 4.78 is 13.9. The van der Waals surface area contributed by atoms with Crippen LogP contribution in [0.3, 0.4) is 0 Å². The fourth-order valence-corrected chi connectivity index (χ4v) is 2.25. The van der Waals surface area contributed by atoms with Crippen LogP contribution in [0, 0.1) is 12.7 Å². The average molecular weight is 324 g/mol. The van der Waals surface area contributed by atoms with Crippen molar-refractivity contribution in [1.29, 1.82) is 0 Å². The Labute approximate surface area is 120 Å². The number of halogens is 2. The van der Waals surface area contributed by atoms with Crippen LogP contribution in [0.15, 0.2) is 40.9 Å². The summed E-state index contributed by atoms with van der Waals surface area (Å²) in [7, 11) is 0. The van der Waals surface area contributed by atoms with Crippen LogP contribution in [0.5, 0.6) is 0 Å². The first kappa shape index (κ1) is 14.0. The molecule has 0 aromatic heterocycles. The fraction of sp³-hybridized carbons (Fsp3) is 0.200. The average Bonchev–Trinajstić information content (AvgIpc) is 2.42. The van der Waals surface area contributed by atoms with E-state index in [1.807, 2.05) is 31.2 Å². The van der Waals surface area contributed by atoms with E-state index in [-0.39, 0.29) is 12.4 Å². The van der Waals surface area contributed by atoms with Crippen molar-refractivity contribution in [3.63, 3.8) is 0 Å². The van der Waals surface area contributed by atoms with E-state index in [0.29, 0.717) is 11.0 Å². The molecule has 2 rings (SSSR count). The second-order valence-corrected chi connectivity index (χ2v) is 5.26. The number of hydrogen-bond acceptors (Lipinski definition) is 2. The molecule has 2 N–H and O–H groups in total. The van der Waals surface area contributed by atoms with E-state index in [4.69, 9.17) is 5.11 Å². The molecule has 0 heterocycles. The zero-order valence-electron chi connectivity index (χ0n) is 10.6. The minimum Gasteiger partial charge on any atom is -0.392 e. The number of aliphatic hydroxyl groups excluding tert-OH is 1. The molecule has 0 bridgehead atoms. The van der Waals surface area contributed by atoms with Gasteiger partial charge in [0.25, 0.3) is 0 Å². The van der Waals surface area contributed by atoms with Gasteiger partial charge in [-0.1, -0.05) is 24.3 Å². The normalized spacial score (nSPS) is 10.5. The van der Waals surface area contributed by atoms with E-state index in [2.05, 4.69) is 21.2 Å². The van der Waals surface area contributed by atoms with Gasteiger partial charge in [-0.3, -0.25) is 0 Å². The predicted octanol–water partition coefficient (Wildman–Crippen LogP) is 4.00. The summed E-state index contributed by atoms with van der Waals surface area (Å²) in [6.07, 6.45) is 0. The lowest BCUT2D eigenvalue weighted by atomic mass is 10.1. The van der Waals surface area contributed by atoms with Crippen LogP contribution in [-0.4, -0.2) is 5.11 Å². The van der Waals surface area contributed by atoms with Gasteiger partial charge in [0.2, 0.25) is 0 Å². The molecule has 4 heteroatoms. The molecule has 0 spiro atoms. The zero-order chi connectivity index (χ0) is 13.8. The maximum atomic E-state index is 13.5. The number of aliphatic hydroxyl groups is 1. The summed E-state index contributed by atoms with van der Waals surface area (Å²) in [6.45, 7) is 2.60. The van der Waals surface area contributed by atoms with Crippen LogP contribution in [0.4, 0.5) is 10.1 Å². The van der Waals surface area contributed by atoms with Crippen LogP contribution in [0.2, 0.25) is 0 Å². The quantitative estimate of drug-likeness (QED) is 0.891. The van der Waals surface area contributed by atoms with Gasteiger partial charge in [0.1, 0.15) is 5.82 Å². The molecule has 0 saturated heterocycles. The van der Waals surface area contributed by atoms with Crippen molar-refractivity contribution in [3.8, 4) is 0 Å². The molecule has 0 fully saturated rings. The Morgan fingerprint density at radius 1 is 1.16 bits per heavy atom. The molecule has 0 saturated carbocycles. The molecule has 2 aromatic rings. The van der Waals surface area contributed by atoms with Crippen molar-refractivity contribution < 1.29 is 9.50 Å². The lowest BCUT2D eigenvalue weighted by Crippen LogP contribution is -2.02. The smallest absolute Gasteiger partial charge is 0.139 e. The summed E-state index contributed by atoms with van der Waals surface area (Å²) >= 11 is 3.17. The lowest BCUT2D eigenvalue weighted by molar-refractivity contribution is 0.282. The second-order valence-electron chi connectivity index (χ2n) is 4.41. The van der Waals surface area contributed by atoms with E-state index >= 15 is 0 Å². The van der Waals surface area contributed by atoms with Crippen molar-refractivity contribution in [2.75, 3.05) is 5.32 Å². The molecule has 0 aliphatic carbocycles. The molecular formula is C15H15BrFNO. The van der Waals surface area contributed by atoms with Gasteiger partial charge in [-0.15, -0.1) is 0 Å². The van der Waals surface area contributed by atoms with Gasteiger partial charge in [0.15, 0.2) is 0 Å². The molecule has 2 nitrogen and oxygen atoms in total. The predicted molar refractivity (Wildman–Crippen MR) is 78.5 cm³/mol. The Bertz CT molecular complexity index is 569. The summed E-state index contributed by atoms with van der Waals surface area (Å²) in [6, 6.07) is 10.9. The monoisotopic (exact) mass is 323 g/mol. The van der Waals surface area contributed by atoms with Crippen molar-refractivity contribution >= 4 is 21.6 Å². The van der Waals surface area contributed by atoms with E-state index in [1.54, 1.807) is 6.07 Å². The fourth-order valence-electron chi connectivity index (χ4n) is 1.80. The van der Waals surface area contributed by atoms with Gasteiger partial charge in [0, 0.05) is 12.2 Å². The van der Waals surface area contributed by atoms with Gasteiger partial charge in [-0.25, -0.2) is 4.39 Å². The number of rotatable bonds is 4. The second kappa shape index (κ2) is 6.17. The van der Waals surface area contributed by atoms with E-state index in [9.17, 15) is 4.39 Å². The van der Waals surface area contributed by atoms with Crippen LogP contribution < -0.4 is 5.32 Å². The van der Waals surface area contributed by atoms with Gasteiger partial charge >= 0.3 is 0 Å². The third-order valence-corrected chi connectivity index (χ3v) is 3.56. The molecular weight excluding hydrogens is 309 g/mol. The van der Waals surface area contributed by atoms with Crippen molar-refractivity contribution in [3.05, 3.63) is 63.4 Å². The lowest BCUT2D eigenvalue weighted by Gasteiger charge is -2.11. The zero-order valence-corrected chi connectivity index (χ0v) is 12.2. The molecule has 19 heavy (non-hydrogen) atoms. The molecule has 0 aliphatic rings. The van der Waals surface area contributed by atoms with Crippen molar-refractivity contribution in [2.24, 2.45) is 0 Å². The SMILES string of the molecule is Cc1cc(Br)c(F)cc1NCc1ccc(CO)cc1. The van der Waals surface area contributed by atoms with Gasteiger partial charge in [0.05, 0.1) is 11.1 Å². The number of hydrogen-bond donors (Lipinski definition) is 2. The summed E-state index contributed by atoms with van der Waals surface area (Å²) in [5.74, 6) is -0.274. The third-order valence-electron chi connectivity index (χ3n) is 2.96. The molecule has 0 unspecified atom stereocenters. The number of benzene rings is 2. The minimum atomic E-state index is -0.274. The van der Waals surface area contributed by atoms with Gasteiger partial charge in [-0.05, 0) is 51.7 Å². The molecule has 2 aromatic carbocycles. The number of anilines is 1. The third kappa shape index (κ3) is 3.55. The van der Waals surface area contributed by atoms with Crippen molar-refractivity contribution in [2.45, 2.75) is 20.1 Å². The van der Waals surface area contributed by atoms with Gasteiger partial charge in [-0.2, -0.15) is 0 Å². The molecule has 0 radical (unpaired) electrons. The Morgan fingerprint density at radius 3 is 2.42 bits per heavy atom. The van der Waals surface area contributed by atoms with E-state index < -0.39 is 0 Å². The first-order valence-corrected chi connectivity index (χ1v) is 6.77.